The molecule has 7 heteroatoms. The van der Waals surface area contributed by atoms with Crippen LogP contribution in [0.5, 0.6) is 0 Å². The molecule has 0 unspecified atom stereocenters. The number of rotatable bonds is 9. The molecule has 1 N–H and O–H groups in total. The maximum Gasteiger partial charge on any atom is 0.181 e. The Labute approximate surface area is 303 Å². The monoisotopic (exact) mass is 836 g/mol. The molecule has 0 aliphatic heterocycles. The Morgan fingerprint density at radius 1 is 0.837 bits per heavy atom. The average molecular weight is 836 g/mol. The van der Waals surface area contributed by atoms with E-state index in [2.05, 4.69) is 61.3 Å². The summed E-state index contributed by atoms with van der Waals surface area (Å²) in [6.45, 7) is 16.7. The van der Waals surface area contributed by atoms with Crippen molar-refractivity contribution in [3.8, 4) is 22.6 Å². The number of aliphatic hydroxyl groups excluding tert-OH is 1. The van der Waals surface area contributed by atoms with E-state index in [0.717, 1.165) is 81.5 Å². The fourth-order valence-corrected chi connectivity index (χ4v) is 6.23. The molecule has 0 spiro atoms. The molecule has 6 rings (SSSR count). The molecular weight excluding hydrogens is 789 g/mol. The van der Waals surface area contributed by atoms with Crippen molar-refractivity contribution in [1.29, 1.82) is 0 Å². The van der Waals surface area contributed by atoms with Crippen LogP contribution in [0.4, 0.5) is 0 Å². The molecule has 0 saturated carbocycles. The largest absolute Gasteiger partial charge is 0.512 e. The number of carbonyl (C=O) groups is 1. The van der Waals surface area contributed by atoms with Gasteiger partial charge in [0.25, 0.3) is 0 Å². The number of benzene rings is 3. The third-order valence-electron chi connectivity index (χ3n) is 9.23. The van der Waals surface area contributed by atoms with Crippen LogP contribution in [0.1, 0.15) is 85.4 Å². The van der Waals surface area contributed by atoms with Gasteiger partial charge in [0, 0.05) is 55.3 Å². The van der Waals surface area contributed by atoms with Gasteiger partial charge in [-0.25, -0.2) is 0 Å². The molecule has 1 radical (unpaired) electrons. The number of ketones is 1. The fourth-order valence-electron chi connectivity index (χ4n) is 6.23. The zero-order valence-electron chi connectivity index (χ0n) is 29.8. The van der Waals surface area contributed by atoms with Gasteiger partial charge in [-0.1, -0.05) is 95.8 Å². The summed E-state index contributed by atoms with van der Waals surface area (Å²) < 4.78 is 12.2. The summed E-state index contributed by atoms with van der Waals surface area (Å²) in [5.41, 5.74) is 6.95. The van der Waals surface area contributed by atoms with Crippen LogP contribution in [0, 0.1) is 24.8 Å². The number of nitrogens with zero attached hydrogens (tertiary/aromatic N) is 2. The molecular formula is C42H47IrN2O4-. The minimum atomic E-state index is -0.0169. The van der Waals surface area contributed by atoms with E-state index in [9.17, 15) is 9.90 Å². The first-order chi connectivity index (χ1) is 23.0. The second-order valence-corrected chi connectivity index (χ2v) is 13.5. The predicted octanol–water partition coefficient (Wildman–Crippen LogP) is 11.7. The Morgan fingerprint density at radius 3 is 2.12 bits per heavy atom. The molecule has 6 nitrogen and oxygen atoms in total. The van der Waals surface area contributed by atoms with Crippen LogP contribution in [0.2, 0.25) is 0 Å². The molecule has 3 heterocycles. The summed E-state index contributed by atoms with van der Waals surface area (Å²) in [5.74, 6) is 1.27. The number of furan rings is 2. The number of hydrogen-bond acceptors (Lipinski definition) is 6. The number of hydrogen-bond donors (Lipinski definition) is 1. The van der Waals surface area contributed by atoms with Gasteiger partial charge < -0.3 is 13.9 Å². The van der Waals surface area contributed by atoms with Gasteiger partial charge in [-0.3, -0.25) is 4.79 Å². The van der Waals surface area contributed by atoms with Gasteiger partial charge in [-0.05, 0) is 50.2 Å². The van der Waals surface area contributed by atoms with Crippen molar-refractivity contribution < 1.29 is 38.8 Å². The molecule has 259 valence electrons. The third-order valence-corrected chi connectivity index (χ3v) is 9.23. The van der Waals surface area contributed by atoms with E-state index in [0.29, 0.717) is 0 Å². The predicted molar refractivity (Wildman–Crippen MR) is 196 cm³/mol. The number of aryl methyl sites for hydroxylation is 1. The van der Waals surface area contributed by atoms with Crippen LogP contribution >= 0.6 is 0 Å². The van der Waals surface area contributed by atoms with Gasteiger partial charge in [0.1, 0.15) is 11.3 Å². The van der Waals surface area contributed by atoms with Crippen LogP contribution in [0.25, 0.3) is 55.5 Å². The van der Waals surface area contributed by atoms with E-state index in [1.165, 1.54) is 17.0 Å². The minimum absolute atomic E-state index is 0. The maximum atomic E-state index is 11.7. The molecule has 0 bridgehead atoms. The molecule has 3 aromatic heterocycles. The molecule has 0 atom stereocenters. The molecule has 0 amide bonds. The van der Waals surface area contributed by atoms with E-state index >= 15 is 0 Å². The van der Waals surface area contributed by atoms with Crippen molar-refractivity contribution in [2.24, 2.45) is 11.8 Å². The van der Waals surface area contributed by atoms with Crippen LogP contribution in [0.15, 0.2) is 87.4 Å². The maximum absolute atomic E-state index is 11.7. The summed E-state index contributed by atoms with van der Waals surface area (Å²) in [4.78, 5) is 11.7. The molecule has 0 aliphatic carbocycles. The number of fused-ring (bicyclic) bond motifs is 4. The van der Waals surface area contributed by atoms with Gasteiger partial charge in [-0.2, -0.15) is 10.2 Å². The van der Waals surface area contributed by atoms with Crippen LogP contribution in [-0.4, -0.2) is 21.1 Å². The third kappa shape index (κ3) is 8.22. The van der Waals surface area contributed by atoms with Gasteiger partial charge >= 0.3 is 0 Å². The zero-order valence-corrected chi connectivity index (χ0v) is 32.2. The SMILES string of the molecule is CCC(CC)C(=O)/C=C(\O)C(CC)CC.Cc1nnc(-c2[c-]c3ccccc3c(C(C)(C)C)c2)cc1-c1cc2oc3ccccc3c2o1.[Ir]. The Morgan fingerprint density at radius 2 is 1.47 bits per heavy atom. The van der Waals surface area contributed by atoms with Crippen molar-refractivity contribution in [1.82, 2.24) is 10.2 Å². The molecule has 0 saturated heterocycles. The van der Waals surface area contributed by atoms with Gasteiger partial charge in [0.05, 0.1) is 16.8 Å². The van der Waals surface area contributed by atoms with Gasteiger partial charge in [0.2, 0.25) is 0 Å². The van der Waals surface area contributed by atoms with E-state index in [1.807, 2.05) is 77.1 Å². The Bertz CT molecular complexity index is 2070. The van der Waals surface area contributed by atoms with Crippen LogP contribution < -0.4 is 0 Å². The molecule has 0 aliphatic rings. The second kappa shape index (κ2) is 16.1. The normalized spacial score (nSPS) is 12.1. The van der Waals surface area contributed by atoms with Crippen molar-refractivity contribution in [3.05, 3.63) is 95.9 Å². The van der Waals surface area contributed by atoms with Crippen LogP contribution in [0.3, 0.4) is 0 Å². The smallest absolute Gasteiger partial charge is 0.181 e. The Kier molecular flexibility index (Phi) is 12.4. The number of allylic oxidation sites excluding steroid dienone is 2. The summed E-state index contributed by atoms with van der Waals surface area (Å²) >= 11 is 0. The van der Waals surface area contributed by atoms with Crippen molar-refractivity contribution in [2.45, 2.75) is 86.5 Å². The van der Waals surface area contributed by atoms with Crippen molar-refractivity contribution >= 4 is 38.7 Å². The van der Waals surface area contributed by atoms with Crippen molar-refractivity contribution in [3.63, 3.8) is 0 Å². The number of para-hydroxylation sites is 1. The van der Waals surface area contributed by atoms with E-state index in [4.69, 9.17) is 8.83 Å². The van der Waals surface area contributed by atoms with Gasteiger partial charge in [0.15, 0.2) is 16.9 Å². The molecule has 6 aromatic rings. The Hall–Kier alpha value is -4.06. The fraction of sp³-hybridized carbons (Fsp3) is 0.357. The first-order valence-electron chi connectivity index (χ1n) is 17.1. The standard InChI is InChI=1S/C29H23N2O2.C13H24O2.Ir/c1-17-22(26-16-27-28(33-26)21-11-7-8-12-25(21)32-27)15-24(31-30-17)19-13-18-9-5-6-10-20(18)23(14-19)29(2,3)4;1-5-10(6-2)12(14)9-13(15)11(7-3)8-4;/h5-12,14-16H,1-4H3;9-11,14H,5-8H2,1-4H3;/q-1;;/b;12-9-;. The minimum Gasteiger partial charge on any atom is -0.512 e. The number of aromatic nitrogens is 2. The summed E-state index contributed by atoms with van der Waals surface area (Å²) in [5, 5.41) is 22.0. The number of carbonyl (C=O) groups excluding carboxylic acids is 1. The van der Waals surface area contributed by atoms with E-state index < -0.39 is 0 Å². The summed E-state index contributed by atoms with van der Waals surface area (Å²) in [6.07, 6.45) is 4.91. The average Bonchev–Trinajstić information content (AvgIpc) is 3.64. The summed E-state index contributed by atoms with van der Waals surface area (Å²) in [7, 11) is 0. The first-order valence-corrected chi connectivity index (χ1v) is 17.1. The van der Waals surface area contributed by atoms with Gasteiger partial charge in [-0.15, -0.1) is 29.1 Å². The van der Waals surface area contributed by atoms with E-state index in [1.54, 1.807) is 0 Å². The zero-order chi connectivity index (χ0) is 34.6. The molecule has 49 heavy (non-hydrogen) atoms. The Balaban J connectivity index is 0.000000290. The first kappa shape index (κ1) is 37.8. The van der Waals surface area contributed by atoms with Crippen molar-refractivity contribution in [2.75, 3.05) is 0 Å². The molecule has 0 fully saturated rings. The summed E-state index contributed by atoms with van der Waals surface area (Å²) in [6, 6.07) is 26.0. The molecule has 3 aromatic carbocycles. The number of aliphatic hydroxyl groups is 1. The van der Waals surface area contributed by atoms with Crippen LogP contribution in [-0.2, 0) is 30.3 Å². The quantitative estimate of drug-likeness (QED) is 0.0886. The van der Waals surface area contributed by atoms with E-state index in [-0.39, 0.29) is 48.9 Å². The second-order valence-electron chi connectivity index (χ2n) is 13.5. The topological polar surface area (TPSA) is 89.4 Å².